The van der Waals surface area contributed by atoms with Crippen LogP contribution in [0.1, 0.15) is 42.1 Å². The summed E-state index contributed by atoms with van der Waals surface area (Å²) in [5.74, 6) is 1.58. The van der Waals surface area contributed by atoms with Gasteiger partial charge in [-0.3, -0.25) is 14.4 Å². The highest BCUT2D eigenvalue weighted by Gasteiger charge is 2.28. The third-order valence-electron chi connectivity index (χ3n) is 5.71. The van der Waals surface area contributed by atoms with Gasteiger partial charge in [0, 0.05) is 37.3 Å². The van der Waals surface area contributed by atoms with Crippen molar-refractivity contribution >= 4 is 5.91 Å². The van der Waals surface area contributed by atoms with Crippen molar-refractivity contribution in [2.45, 2.75) is 39.5 Å². The van der Waals surface area contributed by atoms with E-state index >= 15 is 0 Å². The highest BCUT2D eigenvalue weighted by molar-refractivity contribution is 5.96. The van der Waals surface area contributed by atoms with Gasteiger partial charge in [0.1, 0.15) is 18.1 Å². The molecule has 158 valence electrons. The Morgan fingerprint density at radius 2 is 2.13 bits per heavy atom. The summed E-state index contributed by atoms with van der Waals surface area (Å²) in [6.45, 7) is 6.69. The van der Waals surface area contributed by atoms with Gasteiger partial charge in [0.25, 0.3) is 5.91 Å². The van der Waals surface area contributed by atoms with E-state index in [9.17, 15) is 4.79 Å². The Balaban J connectivity index is 1.44. The number of aryl methyl sites for hydroxylation is 1. The van der Waals surface area contributed by atoms with E-state index in [1.54, 1.807) is 10.9 Å². The molecule has 30 heavy (non-hydrogen) atoms. The molecule has 0 unspecified atom stereocenters. The molecule has 0 aliphatic carbocycles. The van der Waals surface area contributed by atoms with Crippen molar-refractivity contribution in [2.75, 3.05) is 13.1 Å². The molecule has 1 aromatic carbocycles. The molecule has 1 atom stereocenters. The van der Waals surface area contributed by atoms with E-state index < -0.39 is 0 Å². The minimum Gasteiger partial charge on any atom is -0.488 e. The average Bonchev–Trinajstić information content (AvgIpc) is 3.40. The number of fused-ring (bicyclic) bond motifs is 3. The standard InChI is InChI=1S/C23H28N4O3/c1-4-16(2)27(14-17-8-7-13-29-17)12-11-24-23(28)21-19-15-30-20-10-6-5-9-18(20)22(19)26(3)25-21/h5-10,13,16H,4,11-12,14-15H2,1-3H3,(H,24,28)/t16-/m1/s1. The molecule has 2 aromatic heterocycles. The van der Waals surface area contributed by atoms with E-state index in [0.717, 1.165) is 47.8 Å². The summed E-state index contributed by atoms with van der Waals surface area (Å²) in [7, 11) is 1.87. The number of amides is 1. The van der Waals surface area contributed by atoms with E-state index in [2.05, 4.69) is 29.2 Å². The lowest BCUT2D eigenvalue weighted by Crippen LogP contribution is -2.39. The fourth-order valence-corrected chi connectivity index (χ4v) is 3.87. The van der Waals surface area contributed by atoms with E-state index in [-0.39, 0.29) is 5.91 Å². The summed E-state index contributed by atoms with van der Waals surface area (Å²) < 4.78 is 13.1. The maximum absolute atomic E-state index is 12.9. The van der Waals surface area contributed by atoms with E-state index in [4.69, 9.17) is 9.15 Å². The Bertz CT molecular complexity index is 1010. The van der Waals surface area contributed by atoms with Gasteiger partial charge in [-0.05, 0) is 37.6 Å². The molecular formula is C23H28N4O3. The minimum atomic E-state index is -0.170. The van der Waals surface area contributed by atoms with Gasteiger partial charge in [-0.2, -0.15) is 5.10 Å². The van der Waals surface area contributed by atoms with Crippen molar-refractivity contribution in [3.05, 3.63) is 59.7 Å². The van der Waals surface area contributed by atoms with Gasteiger partial charge in [0.15, 0.2) is 5.69 Å². The second kappa shape index (κ2) is 8.75. The van der Waals surface area contributed by atoms with Gasteiger partial charge in [-0.15, -0.1) is 0 Å². The molecule has 0 saturated heterocycles. The van der Waals surface area contributed by atoms with E-state index in [1.165, 1.54) is 0 Å². The maximum atomic E-state index is 12.9. The lowest BCUT2D eigenvalue weighted by molar-refractivity contribution is 0.0933. The van der Waals surface area contributed by atoms with Gasteiger partial charge in [0.05, 0.1) is 18.5 Å². The van der Waals surface area contributed by atoms with Crippen LogP contribution in [0.25, 0.3) is 11.3 Å². The molecule has 1 N–H and O–H groups in total. The fraction of sp³-hybridized carbons (Fsp3) is 0.391. The van der Waals surface area contributed by atoms with Gasteiger partial charge >= 0.3 is 0 Å². The first kappa shape index (κ1) is 20.2. The lowest BCUT2D eigenvalue weighted by Gasteiger charge is -2.27. The maximum Gasteiger partial charge on any atom is 0.272 e. The van der Waals surface area contributed by atoms with Crippen molar-refractivity contribution < 1.29 is 13.9 Å². The first-order chi connectivity index (χ1) is 14.6. The highest BCUT2D eigenvalue weighted by atomic mass is 16.5. The first-order valence-corrected chi connectivity index (χ1v) is 10.4. The van der Waals surface area contributed by atoms with E-state index in [0.29, 0.717) is 24.9 Å². The summed E-state index contributed by atoms with van der Waals surface area (Å²) in [5, 5.41) is 7.53. The zero-order chi connectivity index (χ0) is 21.1. The van der Waals surface area contributed by atoms with Crippen LogP contribution in [0, 0.1) is 0 Å². The SMILES string of the molecule is CC[C@@H](C)N(CCNC(=O)c1nn(C)c2c1COc1ccccc1-2)Cc1ccco1. The molecule has 4 rings (SSSR count). The van der Waals surface area contributed by atoms with Crippen LogP contribution in [0.4, 0.5) is 0 Å². The Hall–Kier alpha value is -3.06. The number of furan rings is 1. The van der Waals surface area contributed by atoms with Gasteiger partial charge in [-0.25, -0.2) is 0 Å². The quantitative estimate of drug-likeness (QED) is 0.617. The van der Waals surface area contributed by atoms with Crippen molar-refractivity contribution in [3.63, 3.8) is 0 Å². The lowest BCUT2D eigenvalue weighted by atomic mass is 10.0. The second-order valence-corrected chi connectivity index (χ2v) is 7.65. The Morgan fingerprint density at radius 1 is 1.30 bits per heavy atom. The van der Waals surface area contributed by atoms with Crippen molar-refractivity contribution in [2.24, 2.45) is 7.05 Å². The summed E-state index contributed by atoms with van der Waals surface area (Å²) in [6.07, 6.45) is 2.72. The zero-order valence-corrected chi connectivity index (χ0v) is 17.7. The molecule has 0 spiro atoms. The van der Waals surface area contributed by atoms with Crippen LogP contribution < -0.4 is 10.1 Å². The molecule has 1 aliphatic rings. The number of carbonyl (C=O) groups excluding carboxylic acids is 1. The number of carbonyl (C=O) groups is 1. The number of hydrogen-bond acceptors (Lipinski definition) is 5. The molecule has 7 nitrogen and oxygen atoms in total. The van der Waals surface area contributed by atoms with Gasteiger partial charge < -0.3 is 14.5 Å². The zero-order valence-electron chi connectivity index (χ0n) is 17.7. The molecule has 1 aliphatic heterocycles. The number of para-hydroxylation sites is 1. The van der Waals surface area contributed by atoms with Gasteiger partial charge in [-0.1, -0.05) is 19.1 Å². The fourth-order valence-electron chi connectivity index (χ4n) is 3.87. The Kier molecular flexibility index (Phi) is 5.90. The molecular weight excluding hydrogens is 380 g/mol. The third kappa shape index (κ3) is 3.98. The summed E-state index contributed by atoms with van der Waals surface area (Å²) in [5.41, 5.74) is 3.18. The molecule has 0 bridgehead atoms. The van der Waals surface area contributed by atoms with Crippen LogP contribution in [0.3, 0.4) is 0 Å². The summed E-state index contributed by atoms with van der Waals surface area (Å²) in [6, 6.07) is 12.1. The van der Waals surface area contributed by atoms with E-state index in [1.807, 2.05) is 43.4 Å². The predicted octanol–water partition coefficient (Wildman–Crippen LogP) is 3.60. The number of ether oxygens (including phenoxy) is 1. The Morgan fingerprint density at radius 3 is 2.90 bits per heavy atom. The monoisotopic (exact) mass is 408 g/mol. The molecule has 3 aromatic rings. The first-order valence-electron chi connectivity index (χ1n) is 10.4. The average molecular weight is 409 g/mol. The van der Waals surface area contributed by atoms with Crippen molar-refractivity contribution in [1.82, 2.24) is 20.0 Å². The van der Waals surface area contributed by atoms with Crippen molar-refractivity contribution in [3.8, 4) is 17.0 Å². The molecule has 0 fully saturated rings. The van der Waals surface area contributed by atoms with Crippen LogP contribution in [-0.4, -0.2) is 39.7 Å². The summed E-state index contributed by atoms with van der Waals surface area (Å²) in [4.78, 5) is 15.2. The third-order valence-corrected chi connectivity index (χ3v) is 5.71. The highest BCUT2D eigenvalue weighted by Crippen LogP contribution is 2.38. The molecule has 0 saturated carbocycles. The molecule has 7 heteroatoms. The second-order valence-electron chi connectivity index (χ2n) is 7.65. The molecule has 3 heterocycles. The van der Waals surface area contributed by atoms with Crippen molar-refractivity contribution in [1.29, 1.82) is 0 Å². The van der Waals surface area contributed by atoms with Crippen LogP contribution >= 0.6 is 0 Å². The molecule has 1 amide bonds. The number of aromatic nitrogens is 2. The largest absolute Gasteiger partial charge is 0.488 e. The number of rotatable bonds is 8. The topological polar surface area (TPSA) is 72.5 Å². The van der Waals surface area contributed by atoms with Crippen LogP contribution in [0.2, 0.25) is 0 Å². The smallest absolute Gasteiger partial charge is 0.272 e. The predicted molar refractivity (Wildman–Crippen MR) is 114 cm³/mol. The number of hydrogen-bond donors (Lipinski definition) is 1. The van der Waals surface area contributed by atoms with Crippen LogP contribution in [-0.2, 0) is 20.2 Å². The van der Waals surface area contributed by atoms with Crippen LogP contribution in [0.5, 0.6) is 5.75 Å². The molecule has 0 radical (unpaired) electrons. The van der Waals surface area contributed by atoms with Crippen LogP contribution in [0.15, 0.2) is 47.1 Å². The minimum absolute atomic E-state index is 0.170. The Labute approximate surface area is 176 Å². The van der Waals surface area contributed by atoms with Gasteiger partial charge in [0.2, 0.25) is 0 Å². The summed E-state index contributed by atoms with van der Waals surface area (Å²) >= 11 is 0. The number of benzene rings is 1. The normalized spacial score (nSPS) is 13.5. The number of nitrogens with zero attached hydrogens (tertiary/aromatic N) is 3. The number of nitrogens with one attached hydrogen (secondary N) is 1.